The minimum atomic E-state index is -0.332. The summed E-state index contributed by atoms with van der Waals surface area (Å²) >= 11 is 0. The lowest BCUT2D eigenvalue weighted by molar-refractivity contribution is 0.100. The van der Waals surface area contributed by atoms with Crippen LogP contribution in [0.5, 0.6) is 0 Å². The molecule has 4 heteroatoms. The predicted octanol–water partition coefficient (Wildman–Crippen LogP) is 1.15. The number of nitrogens with two attached hydrogens (primary N) is 1. The first-order valence-electron chi connectivity index (χ1n) is 6.61. The van der Waals surface area contributed by atoms with Gasteiger partial charge >= 0.3 is 0 Å². The Hall–Kier alpha value is -1.55. The van der Waals surface area contributed by atoms with Crippen LogP contribution in [0.4, 0.5) is 5.69 Å². The fraction of sp³-hybridized carbons (Fsp3) is 0.500. The molecule has 0 saturated carbocycles. The standard InChI is InChI=1S/C14H21N3O/c1-2-4-11-5-3-6-12(14(15)18)13(11)17-9-7-16-8-10-17/h3,5-6,16H,2,4,7-10H2,1H3,(H2,15,18). The van der Waals surface area contributed by atoms with Gasteiger partial charge in [-0.25, -0.2) is 0 Å². The van der Waals surface area contributed by atoms with Gasteiger partial charge in [0.25, 0.3) is 5.91 Å². The number of anilines is 1. The monoisotopic (exact) mass is 247 g/mol. The first-order chi connectivity index (χ1) is 8.74. The van der Waals surface area contributed by atoms with Crippen LogP contribution >= 0.6 is 0 Å². The average Bonchev–Trinajstić information content (AvgIpc) is 2.40. The second-order valence-electron chi connectivity index (χ2n) is 4.66. The number of carbonyl (C=O) groups is 1. The summed E-state index contributed by atoms with van der Waals surface area (Å²) in [5.74, 6) is -0.332. The van der Waals surface area contributed by atoms with Gasteiger partial charge in [-0.3, -0.25) is 4.79 Å². The number of para-hydroxylation sites is 1. The molecule has 1 aromatic rings. The van der Waals surface area contributed by atoms with Gasteiger partial charge in [0.1, 0.15) is 0 Å². The third-order valence-electron chi connectivity index (χ3n) is 3.34. The molecule has 0 aromatic heterocycles. The zero-order chi connectivity index (χ0) is 13.0. The summed E-state index contributed by atoms with van der Waals surface area (Å²) in [5.41, 5.74) is 8.44. The molecule has 1 aliphatic rings. The Bertz CT molecular complexity index is 425. The van der Waals surface area contributed by atoms with Crippen molar-refractivity contribution in [1.82, 2.24) is 5.32 Å². The first-order valence-corrected chi connectivity index (χ1v) is 6.61. The maximum Gasteiger partial charge on any atom is 0.250 e. The summed E-state index contributed by atoms with van der Waals surface area (Å²) in [6, 6.07) is 5.86. The molecule has 0 atom stereocenters. The fourth-order valence-electron chi connectivity index (χ4n) is 2.52. The van der Waals surface area contributed by atoms with Crippen LogP contribution in [0.1, 0.15) is 29.3 Å². The Morgan fingerprint density at radius 2 is 2.11 bits per heavy atom. The number of benzene rings is 1. The molecule has 0 bridgehead atoms. The van der Waals surface area contributed by atoms with E-state index in [-0.39, 0.29) is 5.91 Å². The molecule has 4 nitrogen and oxygen atoms in total. The molecule has 3 N–H and O–H groups in total. The van der Waals surface area contributed by atoms with Crippen molar-refractivity contribution in [3.05, 3.63) is 29.3 Å². The summed E-state index contributed by atoms with van der Waals surface area (Å²) in [7, 11) is 0. The molecule has 0 radical (unpaired) electrons. The summed E-state index contributed by atoms with van der Waals surface area (Å²) in [5, 5.41) is 3.33. The van der Waals surface area contributed by atoms with Crippen LogP contribution in [0.2, 0.25) is 0 Å². The second kappa shape index (κ2) is 5.87. The van der Waals surface area contributed by atoms with Crippen molar-refractivity contribution in [2.75, 3.05) is 31.1 Å². The van der Waals surface area contributed by atoms with E-state index in [1.165, 1.54) is 5.56 Å². The highest BCUT2D eigenvalue weighted by atomic mass is 16.1. The van der Waals surface area contributed by atoms with Gasteiger partial charge in [-0.2, -0.15) is 0 Å². The van der Waals surface area contributed by atoms with E-state index in [1.54, 1.807) is 0 Å². The van der Waals surface area contributed by atoms with E-state index in [9.17, 15) is 4.79 Å². The van der Waals surface area contributed by atoms with Gasteiger partial charge in [0.15, 0.2) is 0 Å². The van der Waals surface area contributed by atoms with Crippen molar-refractivity contribution in [2.24, 2.45) is 5.73 Å². The Morgan fingerprint density at radius 3 is 2.72 bits per heavy atom. The minimum Gasteiger partial charge on any atom is -0.368 e. The number of primary amides is 1. The van der Waals surface area contributed by atoms with Gasteiger partial charge in [-0.1, -0.05) is 25.5 Å². The highest BCUT2D eigenvalue weighted by Gasteiger charge is 2.19. The number of piperazine rings is 1. The largest absolute Gasteiger partial charge is 0.368 e. The molecular weight excluding hydrogens is 226 g/mol. The third-order valence-corrected chi connectivity index (χ3v) is 3.34. The lowest BCUT2D eigenvalue weighted by Crippen LogP contribution is -2.44. The van der Waals surface area contributed by atoms with E-state index >= 15 is 0 Å². The molecular formula is C14H21N3O. The highest BCUT2D eigenvalue weighted by Crippen LogP contribution is 2.27. The lowest BCUT2D eigenvalue weighted by atomic mass is 10.0. The molecule has 1 aliphatic heterocycles. The van der Waals surface area contributed by atoms with Crippen LogP contribution in [-0.4, -0.2) is 32.1 Å². The molecule has 2 rings (SSSR count). The van der Waals surface area contributed by atoms with Crippen molar-refractivity contribution >= 4 is 11.6 Å². The zero-order valence-electron chi connectivity index (χ0n) is 10.9. The average molecular weight is 247 g/mol. The molecule has 1 fully saturated rings. The van der Waals surface area contributed by atoms with Crippen molar-refractivity contribution in [3.8, 4) is 0 Å². The lowest BCUT2D eigenvalue weighted by Gasteiger charge is -2.32. The predicted molar refractivity (Wildman–Crippen MR) is 74.0 cm³/mol. The van der Waals surface area contributed by atoms with Gasteiger partial charge in [-0.05, 0) is 18.1 Å². The van der Waals surface area contributed by atoms with Crippen LogP contribution in [0.25, 0.3) is 0 Å². The molecule has 1 aromatic carbocycles. The highest BCUT2D eigenvalue weighted by molar-refractivity contribution is 5.99. The van der Waals surface area contributed by atoms with Crippen LogP contribution < -0.4 is 16.0 Å². The van der Waals surface area contributed by atoms with Crippen molar-refractivity contribution in [3.63, 3.8) is 0 Å². The molecule has 0 unspecified atom stereocenters. The second-order valence-corrected chi connectivity index (χ2v) is 4.66. The third kappa shape index (κ3) is 2.64. The van der Waals surface area contributed by atoms with Crippen LogP contribution in [0, 0.1) is 0 Å². The van der Waals surface area contributed by atoms with E-state index in [4.69, 9.17) is 5.73 Å². The number of nitrogens with zero attached hydrogens (tertiary/aromatic N) is 1. The SMILES string of the molecule is CCCc1cccc(C(N)=O)c1N1CCNCC1. The Labute approximate surface area is 108 Å². The number of hydrogen-bond donors (Lipinski definition) is 2. The van der Waals surface area contributed by atoms with Gasteiger partial charge in [-0.15, -0.1) is 0 Å². The number of nitrogens with one attached hydrogen (secondary N) is 1. The van der Waals surface area contributed by atoms with E-state index in [1.807, 2.05) is 12.1 Å². The molecule has 1 saturated heterocycles. The number of rotatable bonds is 4. The maximum atomic E-state index is 11.6. The molecule has 98 valence electrons. The summed E-state index contributed by atoms with van der Waals surface area (Å²) < 4.78 is 0. The van der Waals surface area contributed by atoms with Crippen molar-refractivity contribution in [1.29, 1.82) is 0 Å². The number of aryl methyl sites for hydroxylation is 1. The van der Waals surface area contributed by atoms with Crippen molar-refractivity contribution in [2.45, 2.75) is 19.8 Å². The molecule has 0 aliphatic carbocycles. The normalized spacial score (nSPS) is 15.7. The van der Waals surface area contributed by atoms with Gasteiger partial charge in [0, 0.05) is 26.2 Å². The molecule has 1 heterocycles. The first kappa shape index (κ1) is 12.9. The fourth-order valence-corrected chi connectivity index (χ4v) is 2.52. The number of amides is 1. The van der Waals surface area contributed by atoms with Crippen LogP contribution in [-0.2, 0) is 6.42 Å². The van der Waals surface area contributed by atoms with Gasteiger partial charge in [0.2, 0.25) is 0 Å². The van der Waals surface area contributed by atoms with Crippen molar-refractivity contribution < 1.29 is 4.79 Å². The van der Waals surface area contributed by atoms with Crippen LogP contribution in [0.15, 0.2) is 18.2 Å². The van der Waals surface area contributed by atoms with E-state index < -0.39 is 0 Å². The molecule has 18 heavy (non-hydrogen) atoms. The topological polar surface area (TPSA) is 58.4 Å². The minimum absolute atomic E-state index is 0.332. The van der Waals surface area contributed by atoms with E-state index in [0.29, 0.717) is 5.56 Å². The Morgan fingerprint density at radius 1 is 1.39 bits per heavy atom. The summed E-state index contributed by atoms with van der Waals surface area (Å²) in [6.45, 7) is 5.93. The maximum absolute atomic E-state index is 11.6. The zero-order valence-corrected chi connectivity index (χ0v) is 10.9. The van der Waals surface area contributed by atoms with Gasteiger partial charge in [0.05, 0.1) is 11.3 Å². The summed E-state index contributed by atoms with van der Waals surface area (Å²) in [4.78, 5) is 13.9. The van der Waals surface area contributed by atoms with E-state index in [0.717, 1.165) is 44.7 Å². The van der Waals surface area contributed by atoms with Gasteiger partial charge < -0.3 is 16.0 Å². The Kier molecular flexibility index (Phi) is 4.20. The number of carbonyl (C=O) groups excluding carboxylic acids is 1. The molecule has 0 spiro atoms. The quantitative estimate of drug-likeness (QED) is 0.839. The molecule has 1 amide bonds. The number of hydrogen-bond acceptors (Lipinski definition) is 3. The summed E-state index contributed by atoms with van der Waals surface area (Å²) in [6.07, 6.45) is 2.06. The van der Waals surface area contributed by atoms with Crippen LogP contribution in [0.3, 0.4) is 0 Å². The van der Waals surface area contributed by atoms with E-state index in [2.05, 4.69) is 23.2 Å². The Balaban J connectivity index is 2.41. The smallest absolute Gasteiger partial charge is 0.250 e.